The summed E-state index contributed by atoms with van der Waals surface area (Å²) in [5.74, 6) is 0.205. The maximum atomic E-state index is 9.45. The van der Waals surface area contributed by atoms with Crippen LogP contribution in [0.5, 0.6) is 5.75 Å². The third-order valence-corrected chi connectivity index (χ3v) is 4.74. The minimum Gasteiger partial charge on any atom is -0.508 e. The molecular formula is C20H16N2OS. The molecule has 1 N–H and O–H groups in total. The van der Waals surface area contributed by atoms with Crippen molar-refractivity contribution in [1.29, 1.82) is 5.26 Å². The summed E-state index contributed by atoms with van der Waals surface area (Å²) in [5, 5.41) is 21.5. The van der Waals surface area contributed by atoms with Gasteiger partial charge in [-0.3, -0.25) is 0 Å². The van der Waals surface area contributed by atoms with Crippen LogP contribution < -0.4 is 0 Å². The minimum atomic E-state index is 0.205. The molecule has 0 saturated carbocycles. The Morgan fingerprint density at radius 3 is 2.54 bits per heavy atom. The number of nitrogens with zero attached hydrogens (tertiary/aromatic N) is 2. The summed E-state index contributed by atoms with van der Waals surface area (Å²) in [6.45, 7) is 4.16. The molecule has 0 amide bonds. The second-order valence-electron chi connectivity index (χ2n) is 5.60. The normalized spacial score (nSPS) is 11.3. The minimum absolute atomic E-state index is 0.205. The van der Waals surface area contributed by atoms with Crippen molar-refractivity contribution in [3.05, 3.63) is 69.5 Å². The van der Waals surface area contributed by atoms with Gasteiger partial charge in [0, 0.05) is 10.9 Å². The zero-order chi connectivity index (χ0) is 17.1. The number of hydrogen-bond donors (Lipinski definition) is 1. The SMILES string of the molecule is Cc1ccc(-c2csc(C(C#N)=Cc3ccc(O)cc3)n2)cc1C. The van der Waals surface area contributed by atoms with Crippen molar-refractivity contribution < 1.29 is 5.11 Å². The summed E-state index contributed by atoms with van der Waals surface area (Å²) in [6.07, 6.45) is 1.78. The van der Waals surface area contributed by atoms with Gasteiger partial charge in [-0.2, -0.15) is 5.26 Å². The molecule has 0 spiro atoms. The first-order valence-corrected chi connectivity index (χ1v) is 8.39. The van der Waals surface area contributed by atoms with Crippen molar-refractivity contribution in [2.75, 3.05) is 0 Å². The highest BCUT2D eigenvalue weighted by Gasteiger charge is 2.09. The van der Waals surface area contributed by atoms with Crippen LogP contribution >= 0.6 is 11.3 Å². The molecule has 0 aliphatic heterocycles. The maximum Gasteiger partial charge on any atom is 0.134 e. The van der Waals surface area contributed by atoms with Crippen LogP contribution in [0.25, 0.3) is 22.9 Å². The molecule has 0 atom stereocenters. The standard InChI is InChI=1S/C20H16N2OS/c1-13-3-6-16(9-14(13)2)19-12-24-20(22-19)17(11-21)10-15-4-7-18(23)8-5-15/h3-10,12,23H,1-2H3. The van der Waals surface area contributed by atoms with E-state index >= 15 is 0 Å². The summed E-state index contributed by atoms with van der Waals surface area (Å²) in [4.78, 5) is 4.61. The zero-order valence-electron chi connectivity index (χ0n) is 13.4. The highest BCUT2D eigenvalue weighted by atomic mass is 32.1. The number of thiazole rings is 1. The van der Waals surface area contributed by atoms with Crippen LogP contribution in [0.15, 0.2) is 47.8 Å². The average molecular weight is 332 g/mol. The maximum absolute atomic E-state index is 9.45. The van der Waals surface area contributed by atoms with Crippen molar-refractivity contribution in [3.63, 3.8) is 0 Å². The number of aryl methyl sites for hydroxylation is 2. The molecular weight excluding hydrogens is 316 g/mol. The lowest BCUT2D eigenvalue weighted by Crippen LogP contribution is -1.85. The van der Waals surface area contributed by atoms with Gasteiger partial charge in [0.05, 0.1) is 11.3 Å². The van der Waals surface area contributed by atoms with Crippen LogP contribution in [0.4, 0.5) is 0 Å². The molecule has 4 heteroatoms. The molecule has 0 fully saturated rings. The Balaban J connectivity index is 1.94. The molecule has 0 radical (unpaired) electrons. The second-order valence-corrected chi connectivity index (χ2v) is 6.46. The van der Waals surface area contributed by atoms with Crippen LogP contribution in [0, 0.1) is 25.2 Å². The Kier molecular flexibility index (Phi) is 4.45. The summed E-state index contributed by atoms with van der Waals surface area (Å²) >= 11 is 1.46. The van der Waals surface area contributed by atoms with E-state index in [9.17, 15) is 10.4 Å². The Labute approximate surface area is 145 Å². The highest BCUT2D eigenvalue weighted by Crippen LogP contribution is 2.28. The Morgan fingerprint density at radius 2 is 1.88 bits per heavy atom. The number of aromatic hydroxyl groups is 1. The molecule has 3 nitrogen and oxygen atoms in total. The van der Waals surface area contributed by atoms with E-state index in [0.29, 0.717) is 10.6 Å². The van der Waals surface area contributed by atoms with Gasteiger partial charge in [0.1, 0.15) is 16.8 Å². The van der Waals surface area contributed by atoms with Crippen molar-refractivity contribution in [1.82, 2.24) is 4.98 Å². The predicted molar refractivity (Wildman–Crippen MR) is 98.6 cm³/mol. The predicted octanol–water partition coefficient (Wildman–Crippen LogP) is 5.20. The van der Waals surface area contributed by atoms with Gasteiger partial charge in [-0.15, -0.1) is 11.3 Å². The monoisotopic (exact) mass is 332 g/mol. The van der Waals surface area contributed by atoms with Crippen LogP contribution in [0.3, 0.4) is 0 Å². The number of hydrogen-bond acceptors (Lipinski definition) is 4. The van der Waals surface area contributed by atoms with Gasteiger partial charge in [0.25, 0.3) is 0 Å². The summed E-state index contributed by atoms with van der Waals surface area (Å²) in [6, 6.07) is 15.2. The number of allylic oxidation sites excluding steroid dienone is 1. The van der Waals surface area contributed by atoms with Crippen LogP contribution in [-0.4, -0.2) is 10.1 Å². The van der Waals surface area contributed by atoms with E-state index in [1.807, 2.05) is 5.38 Å². The second kappa shape index (κ2) is 6.69. The van der Waals surface area contributed by atoms with Crippen LogP contribution in [-0.2, 0) is 0 Å². The van der Waals surface area contributed by atoms with Crippen molar-refractivity contribution in [2.45, 2.75) is 13.8 Å². The molecule has 118 valence electrons. The number of phenolic OH excluding ortho intramolecular Hbond substituents is 1. The Bertz CT molecular complexity index is 947. The van der Waals surface area contributed by atoms with Crippen LogP contribution in [0.1, 0.15) is 21.7 Å². The molecule has 24 heavy (non-hydrogen) atoms. The quantitative estimate of drug-likeness (QED) is 0.671. The molecule has 0 bridgehead atoms. The highest BCUT2D eigenvalue weighted by molar-refractivity contribution is 7.11. The molecule has 2 aromatic carbocycles. The zero-order valence-corrected chi connectivity index (χ0v) is 14.3. The van der Waals surface area contributed by atoms with E-state index < -0.39 is 0 Å². The first-order chi connectivity index (χ1) is 11.6. The lowest BCUT2D eigenvalue weighted by atomic mass is 10.1. The molecule has 1 heterocycles. The molecule has 3 rings (SSSR count). The molecule has 1 aromatic heterocycles. The third kappa shape index (κ3) is 3.37. The summed E-state index contributed by atoms with van der Waals surface area (Å²) in [7, 11) is 0. The lowest BCUT2D eigenvalue weighted by Gasteiger charge is -2.02. The van der Waals surface area contributed by atoms with Gasteiger partial charge in [-0.25, -0.2) is 4.98 Å². The molecule has 0 unspecified atom stereocenters. The number of benzene rings is 2. The summed E-state index contributed by atoms with van der Waals surface area (Å²) in [5.41, 5.74) is 5.78. The molecule has 3 aromatic rings. The number of aromatic nitrogens is 1. The molecule has 0 aliphatic rings. The van der Waals surface area contributed by atoms with E-state index in [4.69, 9.17) is 0 Å². The Hall–Kier alpha value is -2.90. The topological polar surface area (TPSA) is 56.9 Å². The van der Waals surface area contributed by atoms with E-state index in [-0.39, 0.29) is 5.75 Å². The van der Waals surface area contributed by atoms with Crippen LogP contribution in [0.2, 0.25) is 0 Å². The van der Waals surface area contributed by atoms with Gasteiger partial charge in [0.15, 0.2) is 0 Å². The lowest BCUT2D eigenvalue weighted by molar-refractivity contribution is 0.475. The molecule has 0 saturated heterocycles. The fourth-order valence-electron chi connectivity index (χ4n) is 2.31. The first kappa shape index (κ1) is 16.0. The van der Waals surface area contributed by atoms with Crippen molar-refractivity contribution in [3.8, 4) is 23.1 Å². The van der Waals surface area contributed by atoms with E-state index in [1.54, 1.807) is 30.3 Å². The van der Waals surface area contributed by atoms with Gasteiger partial charge in [-0.05, 0) is 54.8 Å². The van der Waals surface area contributed by atoms with Gasteiger partial charge in [-0.1, -0.05) is 24.3 Å². The number of phenols is 1. The van der Waals surface area contributed by atoms with E-state index in [0.717, 1.165) is 16.8 Å². The fourth-order valence-corrected chi connectivity index (χ4v) is 3.10. The van der Waals surface area contributed by atoms with Crippen molar-refractivity contribution in [2.24, 2.45) is 0 Å². The number of rotatable bonds is 3. The van der Waals surface area contributed by atoms with Gasteiger partial charge in [0.2, 0.25) is 0 Å². The summed E-state index contributed by atoms with van der Waals surface area (Å²) < 4.78 is 0. The number of nitriles is 1. The molecule has 0 aliphatic carbocycles. The van der Waals surface area contributed by atoms with E-state index in [1.165, 1.54) is 22.5 Å². The Morgan fingerprint density at radius 1 is 1.12 bits per heavy atom. The third-order valence-electron chi connectivity index (χ3n) is 3.86. The van der Waals surface area contributed by atoms with E-state index in [2.05, 4.69) is 43.1 Å². The van der Waals surface area contributed by atoms with Gasteiger partial charge < -0.3 is 5.11 Å². The first-order valence-electron chi connectivity index (χ1n) is 7.51. The average Bonchev–Trinajstić information content (AvgIpc) is 3.06. The smallest absolute Gasteiger partial charge is 0.134 e. The fraction of sp³-hybridized carbons (Fsp3) is 0.100. The van der Waals surface area contributed by atoms with Gasteiger partial charge >= 0.3 is 0 Å². The van der Waals surface area contributed by atoms with Crippen molar-refractivity contribution >= 4 is 23.0 Å². The largest absolute Gasteiger partial charge is 0.508 e.